The standard InChI is InChI=1S/C25H36N4O4S/c1-19-24(20(2)33-27-19)34(31,32)29-15-10-23(11-16-29)25(30)26-12-17-28-13-8-22(9-14-28)18-21-6-4-3-5-7-21/h3-7,22-23H,8-18H2,1-2H3,(H,26,30). The molecule has 9 heteroatoms. The van der Waals surface area contributed by atoms with Crippen LogP contribution in [0.5, 0.6) is 0 Å². The molecule has 2 aliphatic rings. The summed E-state index contributed by atoms with van der Waals surface area (Å²) in [6.07, 6.45) is 4.59. The number of amides is 1. The van der Waals surface area contributed by atoms with Crippen LogP contribution in [0.1, 0.15) is 42.7 Å². The van der Waals surface area contributed by atoms with Gasteiger partial charge in [0.15, 0.2) is 5.76 Å². The molecule has 0 spiro atoms. The summed E-state index contributed by atoms with van der Waals surface area (Å²) in [5.74, 6) is 0.933. The molecule has 0 bridgehead atoms. The smallest absolute Gasteiger partial charge is 0.248 e. The third kappa shape index (κ3) is 5.87. The molecule has 1 aromatic heterocycles. The molecule has 0 saturated carbocycles. The van der Waals surface area contributed by atoms with Crippen LogP contribution in [0, 0.1) is 25.7 Å². The molecule has 1 N–H and O–H groups in total. The maximum atomic E-state index is 13.0. The number of sulfonamides is 1. The topological polar surface area (TPSA) is 95.8 Å². The highest BCUT2D eigenvalue weighted by Gasteiger charge is 2.35. The van der Waals surface area contributed by atoms with Crippen molar-refractivity contribution >= 4 is 15.9 Å². The molecule has 2 saturated heterocycles. The van der Waals surface area contributed by atoms with Crippen molar-refractivity contribution in [3.63, 3.8) is 0 Å². The van der Waals surface area contributed by atoms with Crippen molar-refractivity contribution in [3.05, 3.63) is 47.3 Å². The lowest BCUT2D eigenvalue weighted by molar-refractivity contribution is -0.126. The number of aromatic nitrogens is 1. The fraction of sp³-hybridized carbons (Fsp3) is 0.600. The summed E-state index contributed by atoms with van der Waals surface area (Å²) in [6, 6.07) is 10.7. The van der Waals surface area contributed by atoms with Gasteiger partial charge in [0.25, 0.3) is 0 Å². The van der Waals surface area contributed by atoms with E-state index >= 15 is 0 Å². The van der Waals surface area contributed by atoms with Crippen LogP contribution in [0.15, 0.2) is 39.8 Å². The predicted octanol–water partition coefficient (Wildman–Crippen LogP) is 2.76. The van der Waals surface area contributed by atoms with Crippen molar-refractivity contribution in [1.82, 2.24) is 19.7 Å². The molecular formula is C25H36N4O4S. The van der Waals surface area contributed by atoms with Crippen LogP contribution in [0.25, 0.3) is 0 Å². The van der Waals surface area contributed by atoms with Crippen LogP contribution in [-0.2, 0) is 21.2 Å². The Hall–Kier alpha value is -2.23. The Kier molecular flexibility index (Phi) is 8.06. The highest BCUT2D eigenvalue weighted by Crippen LogP contribution is 2.27. The van der Waals surface area contributed by atoms with E-state index in [1.165, 1.54) is 22.7 Å². The summed E-state index contributed by atoms with van der Waals surface area (Å²) in [4.78, 5) is 15.3. The van der Waals surface area contributed by atoms with Gasteiger partial charge in [-0.3, -0.25) is 4.79 Å². The fourth-order valence-electron chi connectivity index (χ4n) is 5.17. The van der Waals surface area contributed by atoms with E-state index < -0.39 is 10.0 Å². The van der Waals surface area contributed by atoms with E-state index in [0.29, 0.717) is 43.9 Å². The summed E-state index contributed by atoms with van der Waals surface area (Å²) < 4.78 is 32.4. The van der Waals surface area contributed by atoms with E-state index in [4.69, 9.17) is 4.52 Å². The lowest BCUT2D eigenvalue weighted by Crippen LogP contribution is -2.45. The molecule has 3 heterocycles. The summed E-state index contributed by atoms with van der Waals surface area (Å²) in [7, 11) is -3.65. The molecule has 2 fully saturated rings. The SMILES string of the molecule is Cc1noc(C)c1S(=O)(=O)N1CCC(C(=O)NCCN2CCC(Cc3ccccc3)CC2)CC1. The Labute approximate surface area is 202 Å². The Morgan fingerprint density at radius 3 is 2.35 bits per heavy atom. The molecule has 1 aromatic carbocycles. The number of carbonyl (C=O) groups is 1. The number of piperidine rings is 2. The molecule has 1 amide bonds. The minimum absolute atomic E-state index is 0.0355. The van der Waals surface area contributed by atoms with Crippen LogP contribution in [0.3, 0.4) is 0 Å². The Morgan fingerprint density at radius 1 is 1.06 bits per heavy atom. The minimum atomic E-state index is -3.65. The zero-order chi connectivity index (χ0) is 24.1. The number of nitrogens with one attached hydrogen (secondary N) is 1. The normalized spacial score (nSPS) is 19.4. The van der Waals surface area contributed by atoms with Crippen molar-refractivity contribution in [2.24, 2.45) is 11.8 Å². The van der Waals surface area contributed by atoms with Crippen LogP contribution < -0.4 is 5.32 Å². The first-order valence-electron chi connectivity index (χ1n) is 12.3. The summed E-state index contributed by atoms with van der Waals surface area (Å²) in [6.45, 7) is 7.56. The number of benzene rings is 1. The molecule has 2 aliphatic heterocycles. The summed E-state index contributed by atoms with van der Waals surface area (Å²) in [5.41, 5.74) is 1.79. The van der Waals surface area contributed by atoms with Gasteiger partial charge in [0.05, 0.1) is 0 Å². The van der Waals surface area contributed by atoms with Crippen LogP contribution in [-0.4, -0.2) is 68.0 Å². The fourth-order valence-corrected chi connectivity index (χ4v) is 6.93. The van der Waals surface area contributed by atoms with Crippen molar-refractivity contribution in [2.75, 3.05) is 39.3 Å². The highest BCUT2D eigenvalue weighted by molar-refractivity contribution is 7.89. The Morgan fingerprint density at radius 2 is 1.74 bits per heavy atom. The zero-order valence-corrected chi connectivity index (χ0v) is 21.0. The third-order valence-corrected chi connectivity index (χ3v) is 9.34. The van der Waals surface area contributed by atoms with Gasteiger partial charge < -0.3 is 14.7 Å². The highest BCUT2D eigenvalue weighted by atomic mass is 32.2. The minimum Gasteiger partial charge on any atom is -0.360 e. The summed E-state index contributed by atoms with van der Waals surface area (Å²) in [5, 5.41) is 6.84. The van der Waals surface area contributed by atoms with Gasteiger partial charge in [-0.05, 0) is 70.5 Å². The molecule has 0 atom stereocenters. The Balaban J connectivity index is 1.16. The number of hydrogen-bond acceptors (Lipinski definition) is 6. The molecule has 0 aliphatic carbocycles. The van der Waals surface area contributed by atoms with Crippen molar-refractivity contribution in [1.29, 1.82) is 0 Å². The maximum Gasteiger partial charge on any atom is 0.248 e. The van der Waals surface area contributed by atoms with Crippen LogP contribution in [0.2, 0.25) is 0 Å². The number of aryl methyl sites for hydroxylation is 2. The first-order valence-corrected chi connectivity index (χ1v) is 13.8. The van der Waals surface area contributed by atoms with Gasteiger partial charge in [-0.15, -0.1) is 0 Å². The third-order valence-electron chi connectivity index (χ3n) is 7.19. The van der Waals surface area contributed by atoms with Crippen molar-refractivity contribution < 1.29 is 17.7 Å². The van der Waals surface area contributed by atoms with Gasteiger partial charge in [0.2, 0.25) is 15.9 Å². The lowest BCUT2D eigenvalue weighted by atomic mass is 9.90. The summed E-state index contributed by atoms with van der Waals surface area (Å²) >= 11 is 0. The van der Waals surface area contributed by atoms with Crippen LogP contribution >= 0.6 is 0 Å². The van der Waals surface area contributed by atoms with Gasteiger partial charge in [-0.25, -0.2) is 8.42 Å². The molecule has 186 valence electrons. The largest absolute Gasteiger partial charge is 0.360 e. The van der Waals surface area contributed by atoms with Gasteiger partial charge >= 0.3 is 0 Å². The van der Waals surface area contributed by atoms with Crippen molar-refractivity contribution in [3.8, 4) is 0 Å². The molecule has 2 aromatic rings. The number of carbonyl (C=O) groups excluding carboxylic acids is 1. The average Bonchev–Trinajstić information content (AvgIpc) is 3.19. The molecule has 0 unspecified atom stereocenters. The Bertz CT molecular complexity index is 1030. The number of likely N-dealkylation sites (tertiary alicyclic amines) is 1. The van der Waals surface area contributed by atoms with Crippen LogP contribution in [0.4, 0.5) is 0 Å². The predicted molar refractivity (Wildman–Crippen MR) is 130 cm³/mol. The van der Waals surface area contributed by atoms with Crippen molar-refractivity contribution in [2.45, 2.75) is 50.8 Å². The number of rotatable bonds is 8. The van der Waals surface area contributed by atoms with E-state index in [0.717, 1.165) is 32.0 Å². The van der Waals surface area contributed by atoms with E-state index in [-0.39, 0.29) is 16.7 Å². The van der Waals surface area contributed by atoms with Gasteiger partial charge in [-0.1, -0.05) is 35.5 Å². The second-order valence-electron chi connectivity index (χ2n) is 9.60. The number of nitrogens with zero attached hydrogens (tertiary/aromatic N) is 3. The van der Waals surface area contributed by atoms with E-state index in [9.17, 15) is 13.2 Å². The maximum absolute atomic E-state index is 13.0. The van der Waals surface area contributed by atoms with Gasteiger partial charge in [0, 0.05) is 32.1 Å². The zero-order valence-electron chi connectivity index (χ0n) is 20.2. The first-order chi connectivity index (χ1) is 16.3. The van der Waals surface area contributed by atoms with Gasteiger partial charge in [0.1, 0.15) is 10.6 Å². The first kappa shape index (κ1) is 24.9. The quantitative estimate of drug-likeness (QED) is 0.614. The van der Waals surface area contributed by atoms with E-state index in [1.807, 2.05) is 0 Å². The molecule has 34 heavy (non-hydrogen) atoms. The molecule has 4 rings (SSSR count). The number of hydrogen-bond donors (Lipinski definition) is 1. The second kappa shape index (κ2) is 11.0. The average molecular weight is 489 g/mol. The van der Waals surface area contributed by atoms with Gasteiger partial charge in [-0.2, -0.15) is 4.31 Å². The van der Waals surface area contributed by atoms with E-state index in [2.05, 4.69) is 45.7 Å². The van der Waals surface area contributed by atoms with E-state index in [1.54, 1.807) is 13.8 Å². The monoisotopic (exact) mass is 488 g/mol. The second-order valence-corrected chi connectivity index (χ2v) is 11.5. The molecular weight excluding hydrogens is 452 g/mol. The lowest BCUT2D eigenvalue weighted by Gasteiger charge is -2.33. The molecule has 0 radical (unpaired) electrons. The molecule has 8 nitrogen and oxygen atoms in total.